The van der Waals surface area contributed by atoms with Crippen molar-refractivity contribution >= 4 is 11.8 Å². The van der Waals surface area contributed by atoms with Crippen molar-refractivity contribution in [2.45, 2.75) is 39.4 Å². The highest BCUT2D eigenvalue weighted by Gasteiger charge is 2.17. The summed E-state index contributed by atoms with van der Waals surface area (Å²) in [7, 11) is 1.62. The van der Waals surface area contributed by atoms with E-state index in [1.54, 1.807) is 13.4 Å². The Balaban J connectivity index is 2.51. The topological polar surface area (TPSA) is 98.1 Å². The van der Waals surface area contributed by atoms with E-state index in [2.05, 4.69) is 20.8 Å². The van der Waals surface area contributed by atoms with Gasteiger partial charge in [-0.2, -0.15) is 0 Å². The van der Waals surface area contributed by atoms with Crippen LogP contribution in [0.3, 0.4) is 0 Å². The third-order valence-electron chi connectivity index (χ3n) is 2.76. The molecule has 0 unspecified atom stereocenters. The molecule has 0 aliphatic heterocycles. The predicted octanol–water partition coefficient (Wildman–Crippen LogP) is -0.545. The fourth-order valence-electron chi connectivity index (χ4n) is 1.68. The zero-order chi connectivity index (χ0) is 15.0. The lowest BCUT2D eigenvalue weighted by atomic mass is 10.2. The number of rotatable bonds is 8. The molecule has 112 valence electrons. The fraction of sp³-hybridized carbons (Fsp3) is 0.667. The van der Waals surface area contributed by atoms with Gasteiger partial charge in [-0.3, -0.25) is 9.59 Å². The van der Waals surface area contributed by atoms with Crippen LogP contribution in [0.1, 0.15) is 26.1 Å². The van der Waals surface area contributed by atoms with Crippen LogP contribution in [-0.4, -0.2) is 46.3 Å². The molecule has 1 aromatic rings. The average molecular weight is 283 g/mol. The number of ether oxygens (including phenoxy) is 1. The van der Waals surface area contributed by atoms with Gasteiger partial charge in [0.15, 0.2) is 5.82 Å². The van der Waals surface area contributed by atoms with Gasteiger partial charge in [0.2, 0.25) is 11.8 Å². The molecule has 1 heterocycles. The molecular formula is C12H21N5O3. The molecule has 1 atom stereocenters. The van der Waals surface area contributed by atoms with E-state index in [0.29, 0.717) is 25.4 Å². The molecule has 1 rings (SSSR count). The molecule has 1 aromatic heterocycles. The Kier molecular flexibility index (Phi) is 6.65. The molecule has 0 bridgehead atoms. The molecular weight excluding hydrogens is 262 g/mol. The van der Waals surface area contributed by atoms with E-state index in [-0.39, 0.29) is 18.4 Å². The molecule has 0 spiro atoms. The predicted molar refractivity (Wildman–Crippen MR) is 71.6 cm³/mol. The number of nitrogens with zero attached hydrogens (tertiary/aromatic N) is 3. The van der Waals surface area contributed by atoms with E-state index in [1.807, 2.05) is 11.5 Å². The van der Waals surface area contributed by atoms with Crippen molar-refractivity contribution in [1.29, 1.82) is 0 Å². The van der Waals surface area contributed by atoms with Gasteiger partial charge in [0, 0.05) is 20.6 Å². The second-order valence-electron chi connectivity index (χ2n) is 4.31. The fourth-order valence-corrected chi connectivity index (χ4v) is 1.68. The minimum absolute atomic E-state index is 0.227. The molecule has 0 radical (unpaired) electrons. The Morgan fingerprint density at radius 2 is 2.25 bits per heavy atom. The second-order valence-corrected chi connectivity index (χ2v) is 4.31. The van der Waals surface area contributed by atoms with Crippen LogP contribution in [0.25, 0.3) is 0 Å². The SMILES string of the molecule is CC[C@@H](NC(C)=O)C(=O)NCc1nncn1CCOC. The van der Waals surface area contributed by atoms with E-state index in [1.165, 1.54) is 6.92 Å². The number of carbonyl (C=O) groups is 2. The maximum Gasteiger partial charge on any atom is 0.242 e. The lowest BCUT2D eigenvalue weighted by molar-refractivity contribution is -0.128. The highest BCUT2D eigenvalue weighted by molar-refractivity contribution is 5.86. The molecule has 2 amide bonds. The summed E-state index contributed by atoms with van der Waals surface area (Å²) in [5, 5.41) is 13.1. The lowest BCUT2D eigenvalue weighted by Crippen LogP contribution is -2.45. The van der Waals surface area contributed by atoms with Crippen LogP contribution in [0.5, 0.6) is 0 Å². The summed E-state index contributed by atoms with van der Waals surface area (Å²) in [4.78, 5) is 22.9. The number of hydrogen-bond donors (Lipinski definition) is 2. The molecule has 0 saturated carbocycles. The largest absolute Gasteiger partial charge is 0.383 e. The standard InChI is InChI=1S/C12H21N5O3/c1-4-10(15-9(2)18)12(19)13-7-11-16-14-8-17(11)5-6-20-3/h8,10H,4-7H2,1-3H3,(H,13,19)(H,15,18)/t10-/m1/s1. The first-order chi connectivity index (χ1) is 9.58. The van der Waals surface area contributed by atoms with Crippen LogP contribution in [0.4, 0.5) is 0 Å². The van der Waals surface area contributed by atoms with Crippen molar-refractivity contribution in [2.75, 3.05) is 13.7 Å². The number of hydrogen-bond acceptors (Lipinski definition) is 5. The quantitative estimate of drug-likeness (QED) is 0.667. The maximum atomic E-state index is 11.9. The van der Waals surface area contributed by atoms with Gasteiger partial charge in [0.25, 0.3) is 0 Å². The van der Waals surface area contributed by atoms with Gasteiger partial charge in [0.1, 0.15) is 12.4 Å². The highest BCUT2D eigenvalue weighted by atomic mass is 16.5. The van der Waals surface area contributed by atoms with E-state index in [9.17, 15) is 9.59 Å². The first kappa shape index (κ1) is 16.1. The zero-order valence-electron chi connectivity index (χ0n) is 12.0. The number of carbonyl (C=O) groups excluding carboxylic acids is 2. The van der Waals surface area contributed by atoms with Crippen molar-refractivity contribution in [2.24, 2.45) is 0 Å². The van der Waals surface area contributed by atoms with E-state index >= 15 is 0 Å². The smallest absolute Gasteiger partial charge is 0.242 e. The minimum atomic E-state index is -0.525. The first-order valence-corrected chi connectivity index (χ1v) is 6.48. The van der Waals surface area contributed by atoms with Crippen LogP contribution in [0, 0.1) is 0 Å². The summed E-state index contributed by atoms with van der Waals surface area (Å²) in [5.41, 5.74) is 0. The maximum absolute atomic E-state index is 11.9. The van der Waals surface area contributed by atoms with Gasteiger partial charge in [-0.25, -0.2) is 0 Å². The Bertz CT molecular complexity index is 446. The molecule has 0 fully saturated rings. The van der Waals surface area contributed by atoms with Gasteiger partial charge in [-0.15, -0.1) is 10.2 Å². The summed E-state index contributed by atoms with van der Waals surface area (Å²) in [5.74, 6) is 0.187. The number of aromatic nitrogens is 3. The zero-order valence-corrected chi connectivity index (χ0v) is 12.0. The van der Waals surface area contributed by atoms with Crippen LogP contribution in [0.2, 0.25) is 0 Å². The third-order valence-corrected chi connectivity index (χ3v) is 2.76. The molecule has 0 aliphatic carbocycles. The van der Waals surface area contributed by atoms with Crippen molar-refractivity contribution in [3.05, 3.63) is 12.2 Å². The molecule has 20 heavy (non-hydrogen) atoms. The average Bonchev–Trinajstić information content (AvgIpc) is 2.87. The van der Waals surface area contributed by atoms with Crippen molar-refractivity contribution < 1.29 is 14.3 Å². The lowest BCUT2D eigenvalue weighted by Gasteiger charge is -2.15. The molecule has 8 nitrogen and oxygen atoms in total. The Morgan fingerprint density at radius 1 is 1.50 bits per heavy atom. The minimum Gasteiger partial charge on any atom is -0.383 e. The number of nitrogens with one attached hydrogen (secondary N) is 2. The summed E-state index contributed by atoms with van der Waals surface area (Å²) in [6, 6.07) is -0.525. The van der Waals surface area contributed by atoms with E-state index in [4.69, 9.17) is 4.74 Å². The van der Waals surface area contributed by atoms with Crippen LogP contribution in [-0.2, 0) is 27.4 Å². The summed E-state index contributed by atoms with van der Waals surface area (Å²) in [6.07, 6.45) is 2.12. The van der Waals surface area contributed by atoms with Crippen LogP contribution < -0.4 is 10.6 Å². The van der Waals surface area contributed by atoms with E-state index in [0.717, 1.165) is 0 Å². The van der Waals surface area contributed by atoms with Gasteiger partial charge in [0.05, 0.1) is 13.2 Å². The second kappa shape index (κ2) is 8.26. The summed E-state index contributed by atoms with van der Waals surface area (Å²) in [6.45, 7) is 4.65. The van der Waals surface area contributed by atoms with Crippen molar-refractivity contribution in [3.8, 4) is 0 Å². The summed E-state index contributed by atoms with van der Waals surface area (Å²) < 4.78 is 6.79. The number of methoxy groups -OCH3 is 1. The molecule has 2 N–H and O–H groups in total. The summed E-state index contributed by atoms with van der Waals surface area (Å²) >= 11 is 0. The van der Waals surface area contributed by atoms with Gasteiger partial charge >= 0.3 is 0 Å². The Morgan fingerprint density at radius 3 is 2.85 bits per heavy atom. The van der Waals surface area contributed by atoms with Gasteiger partial charge < -0.3 is 19.9 Å². The molecule has 0 aromatic carbocycles. The Labute approximate surface area is 117 Å². The third kappa shape index (κ3) is 4.96. The molecule has 0 saturated heterocycles. The Hall–Kier alpha value is -1.96. The molecule has 0 aliphatic rings. The van der Waals surface area contributed by atoms with Crippen LogP contribution in [0.15, 0.2) is 6.33 Å². The van der Waals surface area contributed by atoms with Crippen LogP contribution >= 0.6 is 0 Å². The number of amides is 2. The van der Waals surface area contributed by atoms with Gasteiger partial charge in [-0.05, 0) is 6.42 Å². The first-order valence-electron chi connectivity index (χ1n) is 6.48. The highest BCUT2D eigenvalue weighted by Crippen LogP contribution is 1.97. The van der Waals surface area contributed by atoms with E-state index < -0.39 is 6.04 Å². The molecule has 8 heteroatoms. The van der Waals surface area contributed by atoms with Gasteiger partial charge in [-0.1, -0.05) is 6.92 Å². The van der Waals surface area contributed by atoms with Crippen molar-refractivity contribution in [3.63, 3.8) is 0 Å². The normalized spacial score (nSPS) is 11.9. The monoisotopic (exact) mass is 283 g/mol. The van der Waals surface area contributed by atoms with Crippen molar-refractivity contribution in [1.82, 2.24) is 25.4 Å².